The third kappa shape index (κ3) is 3.11. The Morgan fingerprint density at radius 1 is 1.24 bits per heavy atom. The van der Waals surface area contributed by atoms with Crippen molar-refractivity contribution in [2.45, 2.75) is 57.5 Å². The summed E-state index contributed by atoms with van der Waals surface area (Å²) in [6.07, 6.45) is 6.81. The van der Waals surface area contributed by atoms with Crippen molar-refractivity contribution in [2.24, 2.45) is 0 Å². The summed E-state index contributed by atoms with van der Waals surface area (Å²) in [7, 11) is 0. The second kappa shape index (κ2) is 5.69. The number of hydrogen-bond donors (Lipinski definition) is 2. The van der Waals surface area contributed by atoms with Crippen molar-refractivity contribution in [1.29, 1.82) is 0 Å². The Labute approximate surface area is 103 Å². The highest BCUT2D eigenvalue weighted by molar-refractivity contribution is 5.07. The van der Waals surface area contributed by atoms with Crippen molar-refractivity contribution in [3.63, 3.8) is 0 Å². The third-order valence-corrected chi connectivity index (χ3v) is 3.82. The van der Waals surface area contributed by atoms with E-state index in [1.54, 1.807) is 0 Å². The van der Waals surface area contributed by atoms with Gasteiger partial charge in [-0.3, -0.25) is 0 Å². The van der Waals surface area contributed by atoms with E-state index in [4.69, 9.17) is 4.42 Å². The number of furan rings is 1. The Kier molecular flexibility index (Phi) is 4.24. The van der Waals surface area contributed by atoms with Crippen molar-refractivity contribution in [1.82, 2.24) is 5.32 Å². The summed E-state index contributed by atoms with van der Waals surface area (Å²) < 4.78 is 5.67. The number of nitrogens with one attached hydrogen (secondary N) is 1. The van der Waals surface area contributed by atoms with Crippen LogP contribution in [0.3, 0.4) is 0 Å². The van der Waals surface area contributed by atoms with E-state index >= 15 is 0 Å². The van der Waals surface area contributed by atoms with Gasteiger partial charge in [-0.1, -0.05) is 26.2 Å². The van der Waals surface area contributed by atoms with Crippen LogP contribution in [-0.2, 0) is 13.0 Å². The zero-order valence-corrected chi connectivity index (χ0v) is 10.7. The van der Waals surface area contributed by atoms with Gasteiger partial charge in [0.2, 0.25) is 0 Å². The molecule has 0 unspecified atom stereocenters. The molecule has 1 aromatic heterocycles. The predicted molar refractivity (Wildman–Crippen MR) is 67.8 cm³/mol. The fourth-order valence-corrected chi connectivity index (χ4v) is 2.60. The molecule has 96 valence electrons. The van der Waals surface area contributed by atoms with Crippen LogP contribution in [0.4, 0.5) is 0 Å². The van der Waals surface area contributed by atoms with E-state index in [2.05, 4.69) is 12.2 Å². The predicted octanol–water partition coefficient (Wildman–Crippen LogP) is 2.63. The van der Waals surface area contributed by atoms with E-state index < -0.39 is 0 Å². The lowest BCUT2D eigenvalue weighted by molar-refractivity contribution is 0.117. The van der Waals surface area contributed by atoms with Crippen LogP contribution >= 0.6 is 0 Å². The molecule has 17 heavy (non-hydrogen) atoms. The fraction of sp³-hybridized carbons (Fsp3) is 0.714. The van der Waals surface area contributed by atoms with E-state index in [1.807, 2.05) is 12.1 Å². The molecule has 0 atom stereocenters. The Morgan fingerprint density at radius 3 is 2.53 bits per heavy atom. The summed E-state index contributed by atoms with van der Waals surface area (Å²) in [6.45, 7) is 3.04. The maximum absolute atomic E-state index is 9.58. The molecule has 1 heterocycles. The molecule has 0 spiro atoms. The number of rotatable bonds is 5. The van der Waals surface area contributed by atoms with Crippen LogP contribution in [0.15, 0.2) is 16.5 Å². The molecule has 1 aromatic rings. The highest BCUT2D eigenvalue weighted by Crippen LogP contribution is 2.28. The zero-order valence-electron chi connectivity index (χ0n) is 10.7. The highest BCUT2D eigenvalue weighted by atomic mass is 16.3. The Morgan fingerprint density at radius 2 is 1.94 bits per heavy atom. The minimum atomic E-state index is -0.0720. The van der Waals surface area contributed by atoms with Gasteiger partial charge in [0.05, 0.1) is 13.2 Å². The van der Waals surface area contributed by atoms with Gasteiger partial charge in [0.1, 0.15) is 11.5 Å². The van der Waals surface area contributed by atoms with E-state index in [0.29, 0.717) is 0 Å². The molecule has 1 fully saturated rings. The van der Waals surface area contributed by atoms with Gasteiger partial charge in [-0.2, -0.15) is 0 Å². The molecule has 1 saturated carbocycles. The van der Waals surface area contributed by atoms with Crippen LogP contribution in [0.5, 0.6) is 0 Å². The molecule has 0 amide bonds. The van der Waals surface area contributed by atoms with Crippen molar-refractivity contribution < 1.29 is 9.52 Å². The maximum Gasteiger partial charge on any atom is 0.117 e. The summed E-state index contributed by atoms with van der Waals surface area (Å²) >= 11 is 0. The van der Waals surface area contributed by atoms with E-state index in [9.17, 15) is 5.11 Å². The molecule has 3 heteroatoms. The standard InChI is InChI=1S/C14H23NO2/c1-2-12-6-7-13(17-12)10-15-14(11-16)8-4-3-5-9-14/h6-7,15-16H,2-5,8-11H2,1H3. The summed E-state index contributed by atoms with van der Waals surface area (Å²) in [5, 5.41) is 13.1. The van der Waals surface area contributed by atoms with Gasteiger partial charge in [0, 0.05) is 12.0 Å². The van der Waals surface area contributed by atoms with Gasteiger partial charge in [-0.25, -0.2) is 0 Å². The first-order chi connectivity index (χ1) is 8.28. The maximum atomic E-state index is 9.58. The van der Waals surface area contributed by atoms with Crippen LogP contribution in [-0.4, -0.2) is 17.3 Å². The average Bonchev–Trinajstić information content (AvgIpc) is 2.85. The minimum absolute atomic E-state index is 0.0720. The molecule has 2 rings (SSSR count). The van der Waals surface area contributed by atoms with Gasteiger partial charge in [-0.15, -0.1) is 0 Å². The summed E-state index contributed by atoms with van der Waals surface area (Å²) in [4.78, 5) is 0. The highest BCUT2D eigenvalue weighted by Gasteiger charge is 2.30. The van der Waals surface area contributed by atoms with Crippen LogP contribution in [0.1, 0.15) is 50.5 Å². The smallest absolute Gasteiger partial charge is 0.117 e. The van der Waals surface area contributed by atoms with E-state index in [-0.39, 0.29) is 12.1 Å². The topological polar surface area (TPSA) is 45.4 Å². The lowest BCUT2D eigenvalue weighted by atomic mass is 9.82. The monoisotopic (exact) mass is 237 g/mol. The summed E-state index contributed by atoms with van der Waals surface area (Å²) in [5.74, 6) is 2.00. The number of aliphatic hydroxyl groups is 1. The van der Waals surface area contributed by atoms with Gasteiger partial charge >= 0.3 is 0 Å². The van der Waals surface area contributed by atoms with Crippen LogP contribution < -0.4 is 5.32 Å². The van der Waals surface area contributed by atoms with Crippen LogP contribution in [0.2, 0.25) is 0 Å². The Bertz CT molecular complexity index is 340. The molecule has 3 nitrogen and oxygen atoms in total. The van der Waals surface area contributed by atoms with Gasteiger partial charge in [0.15, 0.2) is 0 Å². The summed E-state index contributed by atoms with van der Waals surface area (Å²) in [5.41, 5.74) is -0.0720. The Hall–Kier alpha value is -0.800. The minimum Gasteiger partial charge on any atom is -0.465 e. The molecule has 0 aromatic carbocycles. The second-order valence-corrected chi connectivity index (χ2v) is 5.07. The SMILES string of the molecule is CCc1ccc(CNC2(CO)CCCCC2)o1. The molecule has 2 N–H and O–H groups in total. The zero-order chi connectivity index (χ0) is 12.1. The molecule has 1 aliphatic rings. The fourth-order valence-electron chi connectivity index (χ4n) is 2.60. The van der Waals surface area contributed by atoms with Gasteiger partial charge in [-0.05, 0) is 25.0 Å². The number of aryl methyl sites for hydroxylation is 1. The lowest BCUT2D eigenvalue weighted by Gasteiger charge is -2.36. The van der Waals surface area contributed by atoms with Gasteiger partial charge < -0.3 is 14.8 Å². The molecule has 1 aliphatic carbocycles. The molecular weight excluding hydrogens is 214 g/mol. The van der Waals surface area contributed by atoms with E-state index in [0.717, 1.165) is 37.3 Å². The lowest BCUT2D eigenvalue weighted by Crippen LogP contribution is -2.49. The first-order valence-corrected chi connectivity index (χ1v) is 6.71. The molecular formula is C14H23NO2. The van der Waals surface area contributed by atoms with Crippen molar-refractivity contribution in [3.8, 4) is 0 Å². The molecule has 0 aliphatic heterocycles. The normalized spacial score (nSPS) is 19.4. The number of hydrogen-bond acceptors (Lipinski definition) is 3. The van der Waals surface area contributed by atoms with Crippen molar-refractivity contribution in [2.75, 3.05) is 6.61 Å². The second-order valence-electron chi connectivity index (χ2n) is 5.07. The largest absolute Gasteiger partial charge is 0.465 e. The Balaban J connectivity index is 1.90. The van der Waals surface area contributed by atoms with Gasteiger partial charge in [0.25, 0.3) is 0 Å². The molecule has 0 radical (unpaired) electrons. The number of aliphatic hydroxyl groups excluding tert-OH is 1. The van der Waals surface area contributed by atoms with Crippen LogP contribution in [0, 0.1) is 0 Å². The third-order valence-electron chi connectivity index (χ3n) is 3.82. The first kappa shape index (κ1) is 12.7. The molecule has 0 bridgehead atoms. The summed E-state index contributed by atoms with van der Waals surface area (Å²) in [6, 6.07) is 4.06. The van der Waals surface area contributed by atoms with Crippen LogP contribution in [0.25, 0.3) is 0 Å². The van der Waals surface area contributed by atoms with Crippen molar-refractivity contribution >= 4 is 0 Å². The van der Waals surface area contributed by atoms with E-state index in [1.165, 1.54) is 19.3 Å². The molecule has 0 saturated heterocycles. The quantitative estimate of drug-likeness (QED) is 0.827. The first-order valence-electron chi connectivity index (χ1n) is 6.71. The average molecular weight is 237 g/mol. The van der Waals surface area contributed by atoms with Crippen molar-refractivity contribution in [3.05, 3.63) is 23.7 Å².